The zero-order valence-corrected chi connectivity index (χ0v) is 13.1. The molecule has 1 aromatic heterocycles. The molecule has 0 radical (unpaired) electrons. The first kappa shape index (κ1) is 14.5. The molecule has 1 aliphatic heterocycles. The summed E-state index contributed by atoms with van der Waals surface area (Å²) in [4.78, 5) is 13.5. The molecule has 0 bridgehead atoms. The summed E-state index contributed by atoms with van der Waals surface area (Å²) in [6.07, 6.45) is 4.98. The monoisotopic (exact) mass is 311 g/mol. The van der Waals surface area contributed by atoms with E-state index in [4.69, 9.17) is 5.10 Å². The third-order valence-corrected chi connectivity index (χ3v) is 5.02. The van der Waals surface area contributed by atoms with Crippen LogP contribution in [-0.4, -0.2) is 38.3 Å². The Labute approximate surface area is 135 Å². The van der Waals surface area contributed by atoms with E-state index >= 15 is 0 Å². The van der Waals surface area contributed by atoms with Crippen molar-refractivity contribution in [3.8, 4) is 5.69 Å². The number of nitrogens with zero attached hydrogens (tertiary/aromatic N) is 3. The van der Waals surface area contributed by atoms with E-state index in [0.29, 0.717) is 6.54 Å². The van der Waals surface area contributed by atoms with Crippen LogP contribution in [0.2, 0.25) is 0 Å². The van der Waals surface area contributed by atoms with Crippen molar-refractivity contribution >= 4 is 5.97 Å². The van der Waals surface area contributed by atoms with Crippen LogP contribution in [0.1, 0.15) is 36.2 Å². The average molecular weight is 311 g/mol. The summed E-state index contributed by atoms with van der Waals surface area (Å²) >= 11 is 0. The van der Waals surface area contributed by atoms with Crippen molar-refractivity contribution in [3.63, 3.8) is 0 Å². The summed E-state index contributed by atoms with van der Waals surface area (Å²) in [5.74, 6) is -0.707. The molecule has 1 aromatic carbocycles. The zero-order chi connectivity index (χ0) is 15.8. The first-order valence-corrected chi connectivity index (χ1v) is 8.36. The van der Waals surface area contributed by atoms with Gasteiger partial charge in [-0.1, -0.05) is 18.2 Å². The number of aromatic nitrogens is 2. The Kier molecular flexibility index (Phi) is 3.65. The Bertz CT molecular complexity index is 723. The molecule has 0 spiro atoms. The highest BCUT2D eigenvalue weighted by molar-refractivity contribution is 5.73. The molecule has 5 nitrogen and oxygen atoms in total. The number of benzene rings is 1. The molecular weight excluding hydrogens is 290 g/mol. The number of carboxylic acids is 1. The van der Waals surface area contributed by atoms with E-state index in [0.717, 1.165) is 50.0 Å². The van der Waals surface area contributed by atoms with Crippen LogP contribution in [0.5, 0.6) is 0 Å². The molecule has 2 aromatic rings. The molecule has 1 N–H and O–H groups in total. The number of carbonyl (C=O) groups is 1. The molecular formula is C18H21N3O2. The maximum absolute atomic E-state index is 11.4. The predicted octanol–water partition coefficient (Wildman–Crippen LogP) is 2.41. The van der Waals surface area contributed by atoms with E-state index in [2.05, 4.69) is 21.7 Å². The molecule has 0 saturated carbocycles. The highest BCUT2D eigenvalue weighted by Crippen LogP contribution is 2.30. The van der Waals surface area contributed by atoms with E-state index in [1.165, 1.54) is 11.3 Å². The topological polar surface area (TPSA) is 58.4 Å². The lowest BCUT2D eigenvalue weighted by Gasteiger charge is -2.20. The van der Waals surface area contributed by atoms with Crippen molar-refractivity contribution in [3.05, 3.63) is 47.3 Å². The Morgan fingerprint density at radius 2 is 2.04 bits per heavy atom. The maximum atomic E-state index is 11.4. The third-order valence-electron chi connectivity index (χ3n) is 5.02. The summed E-state index contributed by atoms with van der Waals surface area (Å²) in [7, 11) is 0. The first-order chi connectivity index (χ1) is 11.2. The summed E-state index contributed by atoms with van der Waals surface area (Å²) in [5.41, 5.74) is 4.80. The minimum atomic E-state index is -0.707. The van der Waals surface area contributed by atoms with Gasteiger partial charge in [0.15, 0.2) is 0 Å². The van der Waals surface area contributed by atoms with Crippen LogP contribution in [0.4, 0.5) is 0 Å². The number of hydrogen-bond acceptors (Lipinski definition) is 3. The van der Waals surface area contributed by atoms with Crippen LogP contribution >= 0.6 is 0 Å². The van der Waals surface area contributed by atoms with Crippen molar-refractivity contribution in [1.29, 1.82) is 0 Å². The van der Waals surface area contributed by atoms with Gasteiger partial charge in [-0.2, -0.15) is 5.10 Å². The average Bonchev–Trinajstić information content (AvgIpc) is 3.26. The Morgan fingerprint density at radius 1 is 1.22 bits per heavy atom. The molecule has 1 saturated heterocycles. The molecule has 0 unspecified atom stereocenters. The van der Waals surface area contributed by atoms with E-state index in [9.17, 15) is 9.90 Å². The molecule has 5 heteroatoms. The Morgan fingerprint density at radius 3 is 2.83 bits per heavy atom. The molecule has 2 aliphatic rings. The van der Waals surface area contributed by atoms with Crippen LogP contribution < -0.4 is 0 Å². The van der Waals surface area contributed by atoms with Crippen molar-refractivity contribution < 1.29 is 9.90 Å². The van der Waals surface area contributed by atoms with E-state index in [1.54, 1.807) is 0 Å². The van der Waals surface area contributed by atoms with E-state index in [1.807, 2.05) is 18.2 Å². The van der Waals surface area contributed by atoms with E-state index < -0.39 is 5.97 Å². The Hall–Kier alpha value is -2.14. The molecule has 4 rings (SSSR count). The van der Waals surface area contributed by atoms with Crippen molar-refractivity contribution in [2.75, 3.05) is 6.54 Å². The first-order valence-electron chi connectivity index (χ1n) is 8.36. The van der Waals surface area contributed by atoms with Gasteiger partial charge >= 0.3 is 5.97 Å². The lowest BCUT2D eigenvalue weighted by atomic mass is 10.1. The van der Waals surface area contributed by atoms with Gasteiger partial charge in [-0.15, -0.1) is 0 Å². The van der Waals surface area contributed by atoms with Crippen LogP contribution in [0.3, 0.4) is 0 Å². The maximum Gasteiger partial charge on any atom is 0.320 e. The molecule has 23 heavy (non-hydrogen) atoms. The second-order valence-electron chi connectivity index (χ2n) is 6.44. The molecule has 1 fully saturated rings. The fourth-order valence-corrected chi connectivity index (χ4v) is 3.91. The van der Waals surface area contributed by atoms with Crippen LogP contribution in [-0.2, 0) is 24.2 Å². The summed E-state index contributed by atoms with van der Waals surface area (Å²) in [5, 5.41) is 14.2. The van der Waals surface area contributed by atoms with Crippen LogP contribution in [0.25, 0.3) is 5.69 Å². The minimum absolute atomic E-state index is 0.353. The Balaban J connectivity index is 1.66. The minimum Gasteiger partial charge on any atom is -0.480 e. The number of rotatable bonds is 4. The van der Waals surface area contributed by atoms with Crippen molar-refractivity contribution in [1.82, 2.24) is 14.7 Å². The number of aliphatic carboxylic acids is 1. The largest absolute Gasteiger partial charge is 0.480 e. The highest BCUT2D eigenvalue weighted by atomic mass is 16.4. The zero-order valence-electron chi connectivity index (χ0n) is 13.1. The number of para-hydroxylation sites is 1. The fraction of sp³-hybridized carbons (Fsp3) is 0.444. The SMILES string of the molecule is O=C(O)[C@H]1CCCN1Cc1nn(-c2ccccc2)c2c1CCC2. The number of fused-ring (bicyclic) bond motifs is 1. The standard InChI is InChI=1S/C18H21N3O2/c22-18(23)17-10-5-11-20(17)12-15-14-8-4-9-16(14)21(19-15)13-6-2-1-3-7-13/h1-3,6-7,17H,4-5,8-12H2,(H,22,23)/t17-/m1/s1. The van der Waals surface area contributed by atoms with Gasteiger partial charge in [-0.25, -0.2) is 4.68 Å². The van der Waals surface area contributed by atoms with Gasteiger partial charge in [0, 0.05) is 12.2 Å². The normalized spacial score (nSPS) is 20.8. The molecule has 2 heterocycles. The quantitative estimate of drug-likeness (QED) is 0.942. The van der Waals surface area contributed by atoms with E-state index in [-0.39, 0.29) is 6.04 Å². The van der Waals surface area contributed by atoms with Crippen LogP contribution in [0.15, 0.2) is 30.3 Å². The smallest absolute Gasteiger partial charge is 0.320 e. The van der Waals surface area contributed by atoms with Gasteiger partial charge in [-0.05, 0) is 56.3 Å². The molecule has 0 amide bonds. The fourth-order valence-electron chi connectivity index (χ4n) is 3.91. The summed E-state index contributed by atoms with van der Waals surface area (Å²) < 4.78 is 2.06. The number of hydrogen-bond donors (Lipinski definition) is 1. The third kappa shape index (κ3) is 2.55. The second kappa shape index (κ2) is 5.81. The van der Waals surface area contributed by atoms with Crippen LogP contribution in [0, 0.1) is 0 Å². The second-order valence-corrected chi connectivity index (χ2v) is 6.44. The lowest BCUT2D eigenvalue weighted by molar-refractivity contribution is -0.142. The predicted molar refractivity (Wildman–Crippen MR) is 86.7 cm³/mol. The van der Waals surface area contributed by atoms with Gasteiger partial charge in [0.1, 0.15) is 6.04 Å². The van der Waals surface area contributed by atoms with Gasteiger partial charge < -0.3 is 5.11 Å². The van der Waals surface area contributed by atoms with Gasteiger partial charge in [0.05, 0.1) is 11.4 Å². The van der Waals surface area contributed by atoms with Gasteiger partial charge in [0.2, 0.25) is 0 Å². The molecule has 1 atom stereocenters. The van der Waals surface area contributed by atoms with Crippen molar-refractivity contribution in [2.24, 2.45) is 0 Å². The van der Waals surface area contributed by atoms with Gasteiger partial charge in [0.25, 0.3) is 0 Å². The number of likely N-dealkylation sites (tertiary alicyclic amines) is 1. The molecule has 120 valence electrons. The number of carboxylic acid groups (broad SMARTS) is 1. The van der Waals surface area contributed by atoms with Gasteiger partial charge in [-0.3, -0.25) is 9.69 Å². The lowest BCUT2D eigenvalue weighted by Crippen LogP contribution is -2.35. The summed E-state index contributed by atoms with van der Waals surface area (Å²) in [6.45, 7) is 1.50. The highest BCUT2D eigenvalue weighted by Gasteiger charge is 2.32. The summed E-state index contributed by atoms with van der Waals surface area (Å²) in [6, 6.07) is 9.86. The molecule has 1 aliphatic carbocycles. The van der Waals surface area contributed by atoms with Crippen molar-refractivity contribution in [2.45, 2.75) is 44.7 Å².